The van der Waals surface area contributed by atoms with Gasteiger partial charge in [-0.25, -0.2) is 4.98 Å². The molecule has 3 heterocycles. The molecule has 4 rings (SSSR count). The number of nitrogens with zero attached hydrogens (tertiary/aromatic N) is 4. The third-order valence-electron chi connectivity index (χ3n) is 5.08. The van der Waals surface area contributed by atoms with E-state index in [2.05, 4.69) is 4.98 Å². The van der Waals surface area contributed by atoms with Crippen LogP contribution in [0.15, 0.2) is 35.8 Å². The number of amides is 2. The fraction of sp³-hybridized carbons (Fsp3) is 0.350. The van der Waals surface area contributed by atoms with Gasteiger partial charge < -0.3 is 14.5 Å². The third kappa shape index (κ3) is 3.60. The molecule has 1 saturated heterocycles. The molecule has 0 N–H and O–H groups in total. The van der Waals surface area contributed by atoms with Gasteiger partial charge in [-0.2, -0.15) is 0 Å². The normalized spacial score (nSPS) is 14.5. The first-order chi connectivity index (χ1) is 13.5. The number of benzene rings is 1. The maximum atomic E-state index is 12.7. The molecule has 1 aromatic carbocycles. The van der Waals surface area contributed by atoms with Gasteiger partial charge in [0.1, 0.15) is 5.75 Å². The van der Waals surface area contributed by atoms with Gasteiger partial charge in [-0.15, -0.1) is 11.3 Å². The highest BCUT2D eigenvalue weighted by Crippen LogP contribution is 2.25. The number of rotatable bonds is 4. The van der Waals surface area contributed by atoms with E-state index in [4.69, 9.17) is 4.74 Å². The molecule has 0 unspecified atom stereocenters. The van der Waals surface area contributed by atoms with Crippen molar-refractivity contribution in [1.29, 1.82) is 0 Å². The van der Waals surface area contributed by atoms with Gasteiger partial charge in [-0.1, -0.05) is 0 Å². The largest absolute Gasteiger partial charge is 0.497 e. The molecule has 0 saturated carbocycles. The minimum absolute atomic E-state index is 0.0659. The zero-order valence-electron chi connectivity index (χ0n) is 15.9. The van der Waals surface area contributed by atoms with Gasteiger partial charge in [0.15, 0.2) is 4.96 Å². The van der Waals surface area contributed by atoms with E-state index in [-0.39, 0.29) is 11.8 Å². The van der Waals surface area contributed by atoms with E-state index < -0.39 is 0 Å². The van der Waals surface area contributed by atoms with Crippen LogP contribution in [0.1, 0.15) is 12.6 Å². The lowest BCUT2D eigenvalue weighted by molar-refractivity contribution is -0.138. The van der Waals surface area contributed by atoms with E-state index in [0.29, 0.717) is 32.6 Å². The van der Waals surface area contributed by atoms with E-state index in [1.165, 1.54) is 11.3 Å². The average molecular weight is 398 g/mol. The molecule has 28 heavy (non-hydrogen) atoms. The Morgan fingerprint density at radius 2 is 1.79 bits per heavy atom. The van der Waals surface area contributed by atoms with Gasteiger partial charge >= 0.3 is 0 Å². The first-order valence-corrected chi connectivity index (χ1v) is 10.1. The van der Waals surface area contributed by atoms with Crippen LogP contribution >= 0.6 is 11.3 Å². The lowest BCUT2D eigenvalue weighted by Gasteiger charge is -2.34. The molecule has 3 aromatic rings. The highest BCUT2D eigenvalue weighted by Gasteiger charge is 2.23. The summed E-state index contributed by atoms with van der Waals surface area (Å²) in [7, 11) is 1.64. The maximum Gasteiger partial charge on any atom is 0.228 e. The molecule has 2 aromatic heterocycles. The predicted octanol–water partition coefficient (Wildman–Crippen LogP) is 2.30. The molecule has 8 heteroatoms. The first kappa shape index (κ1) is 18.5. The number of methoxy groups -OCH3 is 1. The standard InChI is InChI=1S/C20H22N4O3S/c1-14(25)22-7-9-23(10-8-22)19(26)11-16-13-28-20-21-18(12-24(16)20)15-3-5-17(27-2)6-4-15/h3-6,12-13H,7-11H2,1-2H3. The second-order valence-electron chi connectivity index (χ2n) is 6.80. The Morgan fingerprint density at radius 3 is 2.43 bits per heavy atom. The number of imidazole rings is 1. The predicted molar refractivity (Wildman–Crippen MR) is 108 cm³/mol. The van der Waals surface area contributed by atoms with Crippen LogP contribution < -0.4 is 4.74 Å². The third-order valence-corrected chi connectivity index (χ3v) is 5.97. The van der Waals surface area contributed by atoms with Gasteiger partial charge in [-0.3, -0.25) is 14.0 Å². The summed E-state index contributed by atoms with van der Waals surface area (Å²) in [6.45, 7) is 3.96. The molecule has 1 fully saturated rings. The molecule has 0 atom stereocenters. The molecule has 2 amide bonds. The van der Waals surface area contributed by atoms with Crippen LogP contribution in [0.5, 0.6) is 5.75 Å². The lowest BCUT2D eigenvalue weighted by atomic mass is 10.1. The van der Waals surface area contributed by atoms with Crippen LogP contribution in [0, 0.1) is 0 Å². The van der Waals surface area contributed by atoms with Crippen molar-refractivity contribution in [1.82, 2.24) is 19.2 Å². The topological polar surface area (TPSA) is 67.2 Å². The summed E-state index contributed by atoms with van der Waals surface area (Å²) in [5.74, 6) is 0.958. The Hall–Kier alpha value is -2.87. The fourth-order valence-corrected chi connectivity index (χ4v) is 4.27. The number of ether oxygens (including phenoxy) is 1. The maximum absolute atomic E-state index is 12.7. The van der Waals surface area contributed by atoms with Crippen LogP contribution in [0.3, 0.4) is 0 Å². The number of aromatic nitrogens is 2. The lowest BCUT2D eigenvalue weighted by Crippen LogP contribution is -2.50. The summed E-state index contributed by atoms with van der Waals surface area (Å²) in [5.41, 5.74) is 2.82. The number of thiazole rings is 1. The number of piperazine rings is 1. The van der Waals surface area contributed by atoms with E-state index in [1.54, 1.807) is 18.9 Å². The fourth-order valence-electron chi connectivity index (χ4n) is 3.39. The van der Waals surface area contributed by atoms with Crippen molar-refractivity contribution in [2.45, 2.75) is 13.3 Å². The number of hydrogen-bond donors (Lipinski definition) is 0. The smallest absolute Gasteiger partial charge is 0.228 e. The van der Waals surface area contributed by atoms with Crippen molar-refractivity contribution >= 4 is 28.1 Å². The number of carbonyl (C=O) groups is 2. The quantitative estimate of drug-likeness (QED) is 0.676. The average Bonchev–Trinajstić information content (AvgIpc) is 3.30. The first-order valence-electron chi connectivity index (χ1n) is 9.18. The molecular formula is C20H22N4O3S. The highest BCUT2D eigenvalue weighted by molar-refractivity contribution is 7.15. The van der Waals surface area contributed by atoms with Crippen molar-refractivity contribution in [3.05, 3.63) is 41.5 Å². The van der Waals surface area contributed by atoms with Crippen molar-refractivity contribution in [2.75, 3.05) is 33.3 Å². The van der Waals surface area contributed by atoms with Crippen molar-refractivity contribution in [3.63, 3.8) is 0 Å². The van der Waals surface area contributed by atoms with Gasteiger partial charge in [-0.05, 0) is 24.3 Å². The van der Waals surface area contributed by atoms with Gasteiger partial charge in [0.25, 0.3) is 0 Å². The van der Waals surface area contributed by atoms with Gasteiger partial charge in [0.05, 0.1) is 19.2 Å². The molecule has 0 aliphatic carbocycles. The van der Waals surface area contributed by atoms with Crippen LogP contribution in [-0.4, -0.2) is 64.3 Å². The number of fused-ring (bicyclic) bond motifs is 1. The Kier molecular flexibility index (Phi) is 5.04. The van der Waals surface area contributed by atoms with Gasteiger partial charge in [0, 0.05) is 55.9 Å². The molecular weight excluding hydrogens is 376 g/mol. The molecule has 1 aliphatic heterocycles. The van der Waals surface area contributed by atoms with Crippen LogP contribution in [-0.2, 0) is 16.0 Å². The summed E-state index contributed by atoms with van der Waals surface area (Å²) >= 11 is 1.53. The molecule has 0 radical (unpaired) electrons. The SMILES string of the molecule is COc1ccc(-c2cn3c(CC(=O)N4CCN(C(C)=O)CC4)csc3n2)cc1. The zero-order valence-corrected chi connectivity index (χ0v) is 16.7. The summed E-state index contributed by atoms with van der Waals surface area (Å²) in [6.07, 6.45) is 2.31. The monoisotopic (exact) mass is 398 g/mol. The van der Waals surface area contributed by atoms with E-state index in [9.17, 15) is 9.59 Å². The minimum Gasteiger partial charge on any atom is -0.497 e. The summed E-state index contributed by atoms with van der Waals surface area (Å²) < 4.78 is 7.20. The van der Waals surface area contributed by atoms with Crippen molar-refractivity contribution in [2.24, 2.45) is 0 Å². The van der Waals surface area contributed by atoms with Crippen molar-refractivity contribution in [3.8, 4) is 17.0 Å². The Bertz CT molecular complexity index is 1000. The van der Waals surface area contributed by atoms with E-state index in [0.717, 1.165) is 27.7 Å². The molecule has 7 nitrogen and oxygen atoms in total. The van der Waals surface area contributed by atoms with Gasteiger partial charge in [0.2, 0.25) is 11.8 Å². The Labute approximate surface area is 167 Å². The molecule has 1 aliphatic rings. The summed E-state index contributed by atoms with van der Waals surface area (Å²) in [4.78, 5) is 33.3. The zero-order chi connectivity index (χ0) is 19.7. The van der Waals surface area contributed by atoms with E-state index in [1.807, 2.05) is 45.1 Å². The van der Waals surface area contributed by atoms with Crippen LogP contribution in [0.2, 0.25) is 0 Å². The van der Waals surface area contributed by atoms with Crippen molar-refractivity contribution < 1.29 is 14.3 Å². The number of carbonyl (C=O) groups excluding carboxylic acids is 2. The number of hydrogen-bond acceptors (Lipinski definition) is 5. The molecule has 0 bridgehead atoms. The Balaban J connectivity index is 1.48. The summed E-state index contributed by atoms with van der Waals surface area (Å²) in [5, 5.41) is 1.99. The molecule has 0 spiro atoms. The minimum atomic E-state index is 0.0659. The van der Waals surface area contributed by atoms with Crippen LogP contribution in [0.4, 0.5) is 0 Å². The molecule has 146 valence electrons. The van der Waals surface area contributed by atoms with Crippen LogP contribution in [0.25, 0.3) is 16.2 Å². The summed E-state index contributed by atoms with van der Waals surface area (Å²) in [6, 6.07) is 7.77. The Morgan fingerprint density at radius 1 is 1.11 bits per heavy atom. The second kappa shape index (κ2) is 7.63. The second-order valence-corrected chi connectivity index (χ2v) is 7.63. The highest BCUT2D eigenvalue weighted by atomic mass is 32.1. The van der Waals surface area contributed by atoms with E-state index >= 15 is 0 Å².